The average molecular weight is 354 g/mol. The van der Waals surface area contributed by atoms with E-state index in [9.17, 15) is 4.79 Å². The Bertz CT molecular complexity index is 802. The minimum atomic E-state index is -0.224. The highest BCUT2D eigenvalue weighted by Gasteiger charge is 2.40. The summed E-state index contributed by atoms with van der Waals surface area (Å²) in [5.74, 6) is 1.32. The summed E-state index contributed by atoms with van der Waals surface area (Å²) < 4.78 is 11.6. The molecule has 4 aliphatic rings. The van der Waals surface area contributed by atoms with E-state index in [1.54, 1.807) is 6.20 Å². The Morgan fingerprint density at radius 2 is 1.96 bits per heavy atom. The van der Waals surface area contributed by atoms with Gasteiger partial charge in [0.1, 0.15) is 5.75 Å². The third kappa shape index (κ3) is 3.09. The lowest BCUT2D eigenvalue weighted by molar-refractivity contribution is -0.0304. The third-order valence-corrected chi connectivity index (χ3v) is 6.44. The summed E-state index contributed by atoms with van der Waals surface area (Å²) in [5, 5.41) is 0.888. The summed E-state index contributed by atoms with van der Waals surface area (Å²) in [7, 11) is 0. The third-order valence-electron chi connectivity index (χ3n) is 6.44. The molecule has 1 aliphatic carbocycles. The van der Waals surface area contributed by atoms with Crippen molar-refractivity contribution >= 4 is 16.9 Å². The lowest BCUT2D eigenvalue weighted by Crippen LogP contribution is -2.50. The molecule has 26 heavy (non-hydrogen) atoms. The lowest BCUT2D eigenvalue weighted by atomic mass is 9.73. The molecule has 0 radical (unpaired) electrons. The molecule has 138 valence electrons. The molecule has 5 heteroatoms. The van der Waals surface area contributed by atoms with E-state index < -0.39 is 0 Å². The molecule has 6 rings (SSSR count). The van der Waals surface area contributed by atoms with Crippen molar-refractivity contribution in [2.75, 3.05) is 32.8 Å². The fourth-order valence-corrected chi connectivity index (χ4v) is 4.27. The second kappa shape index (κ2) is 6.31. The van der Waals surface area contributed by atoms with Crippen LogP contribution < -0.4 is 4.74 Å². The summed E-state index contributed by atoms with van der Waals surface area (Å²) in [4.78, 5) is 18.4. The van der Waals surface area contributed by atoms with Gasteiger partial charge >= 0.3 is 5.97 Å². The van der Waals surface area contributed by atoms with Crippen molar-refractivity contribution in [3.63, 3.8) is 0 Å². The monoisotopic (exact) mass is 354 g/mol. The molecule has 4 heterocycles. The Kier molecular flexibility index (Phi) is 3.92. The Morgan fingerprint density at radius 3 is 2.69 bits per heavy atom. The molecule has 3 saturated heterocycles. The highest BCUT2D eigenvalue weighted by molar-refractivity contribution is 6.04. The van der Waals surface area contributed by atoms with E-state index in [1.165, 1.54) is 12.8 Å². The second-order valence-corrected chi connectivity index (χ2v) is 8.33. The van der Waals surface area contributed by atoms with Crippen LogP contribution in [0.25, 0.3) is 10.9 Å². The van der Waals surface area contributed by atoms with E-state index in [1.807, 2.05) is 18.2 Å². The van der Waals surface area contributed by atoms with Gasteiger partial charge in [-0.1, -0.05) is 0 Å². The normalized spacial score (nSPS) is 27.6. The van der Waals surface area contributed by atoms with E-state index in [0.717, 1.165) is 62.2 Å². The number of H-pyrrole nitrogens is 1. The number of rotatable bonds is 6. The smallest absolute Gasteiger partial charge is 0.340 e. The number of ether oxygens (including phenoxy) is 2. The zero-order chi connectivity index (χ0) is 17.6. The van der Waals surface area contributed by atoms with Crippen molar-refractivity contribution in [3.8, 4) is 5.75 Å². The molecule has 0 unspecified atom stereocenters. The molecule has 1 saturated carbocycles. The molecule has 4 fully saturated rings. The molecule has 1 aromatic carbocycles. The molecule has 1 aromatic heterocycles. The van der Waals surface area contributed by atoms with Crippen LogP contribution in [0.15, 0.2) is 24.4 Å². The predicted octanol–water partition coefficient (Wildman–Crippen LogP) is 3.60. The molecular formula is C21H26N2O3. The maximum Gasteiger partial charge on any atom is 0.340 e. The quantitative estimate of drug-likeness (QED) is 0.806. The van der Waals surface area contributed by atoms with Crippen molar-refractivity contribution in [1.29, 1.82) is 0 Å². The maximum atomic E-state index is 12.7. The standard InChI is InChI=1S/C21H26N2O3/c24-20(26-14-21-5-8-23(9-6-21)10-7-21)18-12-22-19-4-3-16(11-17(18)19)25-13-15-1-2-15/h3-4,11-12,15,22H,1-2,5-10,13-14H2. The van der Waals surface area contributed by atoms with E-state index in [4.69, 9.17) is 9.47 Å². The van der Waals surface area contributed by atoms with Gasteiger partial charge in [0.25, 0.3) is 0 Å². The number of fused-ring (bicyclic) bond motifs is 4. The molecule has 0 spiro atoms. The van der Waals surface area contributed by atoms with Crippen LogP contribution in [0.1, 0.15) is 42.5 Å². The number of nitrogens with one attached hydrogen (secondary N) is 1. The van der Waals surface area contributed by atoms with Gasteiger partial charge in [-0.2, -0.15) is 0 Å². The van der Waals surface area contributed by atoms with Gasteiger partial charge in [0.15, 0.2) is 0 Å². The van der Waals surface area contributed by atoms with Gasteiger partial charge in [-0.15, -0.1) is 0 Å². The van der Waals surface area contributed by atoms with Gasteiger partial charge in [0.2, 0.25) is 0 Å². The van der Waals surface area contributed by atoms with Crippen molar-refractivity contribution in [2.24, 2.45) is 11.3 Å². The van der Waals surface area contributed by atoms with Crippen molar-refractivity contribution in [2.45, 2.75) is 32.1 Å². The molecule has 2 aromatic rings. The Balaban J connectivity index is 1.29. The van der Waals surface area contributed by atoms with Crippen molar-refractivity contribution in [3.05, 3.63) is 30.0 Å². The highest BCUT2D eigenvalue weighted by atomic mass is 16.5. The van der Waals surface area contributed by atoms with Gasteiger partial charge in [-0.05, 0) is 75.9 Å². The van der Waals surface area contributed by atoms with Crippen LogP contribution in [0.5, 0.6) is 5.75 Å². The van der Waals surface area contributed by atoms with Crippen LogP contribution in [0.4, 0.5) is 0 Å². The fourth-order valence-electron chi connectivity index (χ4n) is 4.27. The number of aromatic nitrogens is 1. The average Bonchev–Trinajstić information content (AvgIpc) is 3.43. The topological polar surface area (TPSA) is 54.6 Å². The zero-order valence-electron chi connectivity index (χ0n) is 15.1. The van der Waals surface area contributed by atoms with Gasteiger partial charge in [0.05, 0.1) is 18.8 Å². The zero-order valence-corrected chi connectivity index (χ0v) is 15.1. The first kappa shape index (κ1) is 16.2. The van der Waals surface area contributed by atoms with E-state index in [2.05, 4.69) is 9.88 Å². The van der Waals surface area contributed by atoms with E-state index in [0.29, 0.717) is 18.1 Å². The minimum Gasteiger partial charge on any atom is -0.493 e. The molecular weight excluding hydrogens is 328 g/mol. The number of carbonyl (C=O) groups is 1. The lowest BCUT2D eigenvalue weighted by Gasteiger charge is -2.47. The number of piperidine rings is 3. The first-order chi connectivity index (χ1) is 12.7. The van der Waals surface area contributed by atoms with Crippen LogP contribution >= 0.6 is 0 Å². The Labute approximate surface area is 153 Å². The Hall–Kier alpha value is -2.01. The predicted molar refractivity (Wildman–Crippen MR) is 99.5 cm³/mol. The Morgan fingerprint density at radius 1 is 1.19 bits per heavy atom. The van der Waals surface area contributed by atoms with Crippen LogP contribution in [0.2, 0.25) is 0 Å². The highest BCUT2D eigenvalue weighted by Crippen LogP contribution is 2.40. The number of nitrogens with zero attached hydrogens (tertiary/aromatic N) is 1. The number of hydrogen-bond acceptors (Lipinski definition) is 4. The maximum absolute atomic E-state index is 12.7. The van der Waals surface area contributed by atoms with Crippen LogP contribution in [-0.4, -0.2) is 48.7 Å². The van der Waals surface area contributed by atoms with Gasteiger partial charge in [0, 0.05) is 22.5 Å². The molecule has 1 N–H and O–H groups in total. The minimum absolute atomic E-state index is 0.203. The van der Waals surface area contributed by atoms with Crippen molar-refractivity contribution < 1.29 is 14.3 Å². The second-order valence-electron chi connectivity index (χ2n) is 8.33. The molecule has 0 atom stereocenters. The number of hydrogen-bond donors (Lipinski definition) is 1. The van der Waals surface area contributed by atoms with Gasteiger partial charge in [-0.3, -0.25) is 0 Å². The molecule has 3 aliphatic heterocycles. The van der Waals surface area contributed by atoms with Crippen molar-refractivity contribution in [1.82, 2.24) is 9.88 Å². The van der Waals surface area contributed by atoms with Crippen LogP contribution in [0, 0.1) is 11.3 Å². The van der Waals surface area contributed by atoms with Gasteiger partial charge < -0.3 is 19.4 Å². The number of benzene rings is 1. The number of aromatic amines is 1. The molecule has 2 bridgehead atoms. The number of carbonyl (C=O) groups excluding carboxylic acids is 1. The summed E-state index contributed by atoms with van der Waals surface area (Å²) >= 11 is 0. The van der Waals surface area contributed by atoms with Gasteiger partial charge in [-0.25, -0.2) is 4.79 Å². The first-order valence-electron chi connectivity index (χ1n) is 9.84. The molecule has 5 nitrogen and oxygen atoms in total. The SMILES string of the molecule is O=C(OCC12CCN(CC1)CC2)c1c[nH]c2ccc(OCC3CC3)cc12. The van der Waals surface area contributed by atoms with Crippen LogP contribution in [0.3, 0.4) is 0 Å². The van der Waals surface area contributed by atoms with E-state index in [-0.39, 0.29) is 11.4 Å². The summed E-state index contributed by atoms with van der Waals surface area (Å²) in [6.45, 7) is 4.75. The fraction of sp³-hybridized carbons (Fsp3) is 0.571. The first-order valence-corrected chi connectivity index (χ1v) is 9.84. The summed E-state index contributed by atoms with van der Waals surface area (Å²) in [6, 6.07) is 5.90. The van der Waals surface area contributed by atoms with E-state index >= 15 is 0 Å². The number of esters is 1. The van der Waals surface area contributed by atoms with Crippen LogP contribution in [-0.2, 0) is 4.74 Å². The largest absolute Gasteiger partial charge is 0.493 e. The summed E-state index contributed by atoms with van der Waals surface area (Å²) in [6.07, 6.45) is 7.74. The molecule has 0 amide bonds. The summed E-state index contributed by atoms with van der Waals surface area (Å²) in [5.41, 5.74) is 1.76.